The van der Waals surface area contributed by atoms with Crippen LogP contribution in [0.15, 0.2) is 121 Å². The first-order chi connectivity index (χ1) is 19.6. The first kappa shape index (κ1) is 24.2. The maximum absolute atomic E-state index is 3.75. The topological polar surface area (TPSA) is 57.3 Å². The Hall–Kier alpha value is -4.90. The molecule has 6 N–H and O–H groups in total. The highest BCUT2D eigenvalue weighted by molar-refractivity contribution is 5.98. The standard InChI is InChI=1S/C36H30N4/c1-23-13-19-29-31(21-23)39-33(25-9-5-3-6-10-25)35(37-29)27-15-17-28(18-16-27)36-34(26-11-7-4-8-12-26)40-32-22-24(2)14-20-30(32)38-36/h3-22,37-40H,1-2H3/p+2. The second-order valence-electron chi connectivity index (χ2n) is 10.6. The van der Waals surface area contributed by atoms with Gasteiger partial charge in [-0.3, -0.25) is 10.6 Å². The average molecular weight is 521 g/mol. The Labute approximate surface area is 235 Å². The van der Waals surface area contributed by atoms with E-state index in [1.165, 1.54) is 56.1 Å². The van der Waals surface area contributed by atoms with Crippen LogP contribution >= 0.6 is 0 Å². The third kappa shape index (κ3) is 4.50. The molecule has 0 saturated carbocycles. The fourth-order valence-electron chi connectivity index (χ4n) is 5.62. The van der Waals surface area contributed by atoms with Crippen molar-refractivity contribution in [2.75, 3.05) is 10.6 Å². The van der Waals surface area contributed by atoms with Crippen molar-refractivity contribution in [3.8, 4) is 0 Å². The number of quaternary nitrogens is 2. The maximum atomic E-state index is 3.75. The molecule has 0 atom stereocenters. The van der Waals surface area contributed by atoms with E-state index in [9.17, 15) is 0 Å². The third-order valence-corrected chi connectivity index (χ3v) is 7.71. The van der Waals surface area contributed by atoms with E-state index in [-0.39, 0.29) is 0 Å². The summed E-state index contributed by atoms with van der Waals surface area (Å²) >= 11 is 0. The Morgan fingerprint density at radius 2 is 0.825 bits per heavy atom. The normalized spacial score (nSPS) is 14.2. The number of nitrogens with one attached hydrogen (secondary N) is 2. The van der Waals surface area contributed by atoms with Crippen molar-refractivity contribution < 1.29 is 10.6 Å². The first-order valence-electron chi connectivity index (χ1n) is 13.8. The maximum Gasteiger partial charge on any atom is 0.166 e. The van der Waals surface area contributed by atoms with Crippen LogP contribution in [0.1, 0.15) is 33.4 Å². The summed E-state index contributed by atoms with van der Waals surface area (Å²) in [5, 5.41) is 12.1. The largest absolute Gasteiger partial charge is 0.345 e. The molecule has 0 fully saturated rings. The molecule has 5 aromatic carbocycles. The molecule has 2 heterocycles. The summed E-state index contributed by atoms with van der Waals surface area (Å²) in [4.78, 5) is 0. The monoisotopic (exact) mass is 520 g/mol. The summed E-state index contributed by atoms with van der Waals surface area (Å²) in [5.74, 6) is 0. The van der Waals surface area contributed by atoms with Gasteiger partial charge in [-0.15, -0.1) is 0 Å². The van der Waals surface area contributed by atoms with Gasteiger partial charge in [-0.05, 0) is 61.4 Å². The van der Waals surface area contributed by atoms with Gasteiger partial charge in [-0.25, -0.2) is 0 Å². The van der Waals surface area contributed by atoms with Crippen LogP contribution in [0.2, 0.25) is 0 Å². The lowest BCUT2D eigenvalue weighted by molar-refractivity contribution is -0.469. The Kier molecular flexibility index (Phi) is 6.05. The fourth-order valence-corrected chi connectivity index (χ4v) is 5.62. The van der Waals surface area contributed by atoms with Crippen LogP contribution in [0, 0.1) is 13.8 Å². The summed E-state index contributed by atoms with van der Waals surface area (Å²) in [6.07, 6.45) is 0. The highest BCUT2D eigenvalue weighted by atomic mass is 15.1. The molecule has 0 unspecified atom stereocenters. The highest BCUT2D eigenvalue weighted by Crippen LogP contribution is 2.35. The second-order valence-corrected chi connectivity index (χ2v) is 10.6. The minimum absolute atomic E-state index is 1.13. The van der Waals surface area contributed by atoms with Crippen molar-refractivity contribution in [1.29, 1.82) is 0 Å². The molecule has 2 aliphatic rings. The van der Waals surface area contributed by atoms with Crippen LogP contribution in [0.25, 0.3) is 22.8 Å². The molecule has 5 aromatic rings. The van der Waals surface area contributed by atoms with Gasteiger partial charge in [0.1, 0.15) is 22.8 Å². The van der Waals surface area contributed by atoms with E-state index in [0.717, 1.165) is 22.8 Å². The van der Waals surface area contributed by atoms with E-state index in [0.29, 0.717) is 0 Å². The molecule has 0 amide bonds. The molecule has 0 aromatic heterocycles. The molecule has 0 saturated heterocycles. The summed E-state index contributed by atoms with van der Waals surface area (Å²) in [6, 6.07) is 43.4. The van der Waals surface area contributed by atoms with Gasteiger partial charge in [0.2, 0.25) is 0 Å². The highest BCUT2D eigenvalue weighted by Gasteiger charge is 2.27. The molecule has 2 aliphatic heterocycles. The third-order valence-electron chi connectivity index (χ3n) is 7.71. The van der Waals surface area contributed by atoms with E-state index >= 15 is 0 Å². The van der Waals surface area contributed by atoms with Crippen molar-refractivity contribution in [1.82, 2.24) is 0 Å². The van der Waals surface area contributed by atoms with E-state index in [1.54, 1.807) is 0 Å². The number of rotatable bonds is 4. The van der Waals surface area contributed by atoms with E-state index in [1.807, 2.05) is 0 Å². The van der Waals surface area contributed by atoms with Crippen LogP contribution in [0.3, 0.4) is 0 Å². The predicted molar refractivity (Wildman–Crippen MR) is 166 cm³/mol. The van der Waals surface area contributed by atoms with Crippen molar-refractivity contribution >= 4 is 45.5 Å². The minimum Gasteiger partial charge on any atom is -0.345 e. The first-order valence-corrected chi connectivity index (χ1v) is 13.8. The molecule has 0 aliphatic carbocycles. The van der Waals surface area contributed by atoms with Crippen molar-refractivity contribution in [3.63, 3.8) is 0 Å². The lowest BCUT2D eigenvalue weighted by Gasteiger charge is -2.24. The number of nitrogens with two attached hydrogens (primary N) is 2. The second kappa shape index (κ2) is 10.0. The van der Waals surface area contributed by atoms with Gasteiger partial charge in [0.05, 0.1) is 0 Å². The fraction of sp³-hybridized carbons (Fsp3) is 0.0556. The van der Waals surface area contributed by atoms with Gasteiger partial charge >= 0.3 is 0 Å². The van der Waals surface area contributed by atoms with Crippen LogP contribution in [0.4, 0.5) is 22.7 Å². The molecule has 194 valence electrons. The molecular weight excluding hydrogens is 488 g/mol. The zero-order chi connectivity index (χ0) is 27.1. The Morgan fingerprint density at radius 3 is 1.23 bits per heavy atom. The molecule has 0 radical (unpaired) electrons. The number of anilines is 2. The zero-order valence-corrected chi connectivity index (χ0v) is 22.7. The Balaban J connectivity index is 1.31. The predicted octanol–water partition coefficient (Wildman–Crippen LogP) is 6.60. The number of hydrogen-bond donors (Lipinski definition) is 4. The van der Waals surface area contributed by atoms with Gasteiger partial charge in [-0.1, -0.05) is 72.8 Å². The smallest absolute Gasteiger partial charge is 0.166 e. The molecule has 7 rings (SSSR count). The number of aryl methyl sites for hydroxylation is 2. The number of fused-ring (bicyclic) bond motifs is 2. The molecular formula is C36H32N4+2. The summed E-state index contributed by atoms with van der Waals surface area (Å²) in [7, 11) is 0. The minimum atomic E-state index is 1.13. The lowest BCUT2D eigenvalue weighted by Crippen LogP contribution is -2.76. The van der Waals surface area contributed by atoms with Gasteiger partial charge in [0.25, 0.3) is 0 Å². The van der Waals surface area contributed by atoms with Crippen molar-refractivity contribution in [2.45, 2.75) is 13.8 Å². The Bertz CT molecular complexity index is 1650. The van der Waals surface area contributed by atoms with Gasteiger partial charge in [0, 0.05) is 34.4 Å². The van der Waals surface area contributed by atoms with Gasteiger partial charge in [-0.2, -0.15) is 0 Å². The molecule has 4 heteroatoms. The quantitative estimate of drug-likeness (QED) is 0.202. The molecule has 0 spiro atoms. The van der Waals surface area contributed by atoms with Gasteiger partial charge < -0.3 is 10.6 Å². The molecule has 0 bridgehead atoms. The summed E-state index contributed by atoms with van der Waals surface area (Å²) in [5.41, 5.74) is 16.6. The van der Waals surface area contributed by atoms with Crippen LogP contribution in [-0.2, 0) is 0 Å². The number of hydrogen-bond acceptors (Lipinski definition) is 2. The van der Waals surface area contributed by atoms with Crippen LogP contribution < -0.4 is 21.3 Å². The van der Waals surface area contributed by atoms with Crippen LogP contribution in [0.5, 0.6) is 0 Å². The van der Waals surface area contributed by atoms with Crippen molar-refractivity contribution in [2.24, 2.45) is 0 Å². The zero-order valence-electron chi connectivity index (χ0n) is 22.7. The van der Waals surface area contributed by atoms with E-state index in [4.69, 9.17) is 0 Å². The Morgan fingerprint density at radius 1 is 0.425 bits per heavy atom. The van der Waals surface area contributed by atoms with E-state index < -0.39 is 0 Å². The molecule has 4 nitrogen and oxygen atoms in total. The average Bonchev–Trinajstić information content (AvgIpc) is 3.00. The summed E-state index contributed by atoms with van der Waals surface area (Å²) < 4.78 is 0. The van der Waals surface area contributed by atoms with Crippen LogP contribution in [-0.4, -0.2) is 0 Å². The summed E-state index contributed by atoms with van der Waals surface area (Å²) in [6.45, 7) is 4.27. The van der Waals surface area contributed by atoms with Gasteiger partial charge in [0.15, 0.2) is 22.8 Å². The van der Waals surface area contributed by atoms with Crippen molar-refractivity contribution in [3.05, 3.63) is 155 Å². The molecule has 40 heavy (non-hydrogen) atoms. The van der Waals surface area contributed by atoms with E-state index in [2.05, 4.69) is 156 Å². The SMILES string of the molecule is Cc1ccc2c(c1)NC(c1ccccc1)=C(c1ccc(C3=C(c4ccccc4)Nc4cc(C)ccc4[NH2+]3)cc1)[NH2+]2. The lowest BCUT2D eigenvalue weighted by atomic mass is 9.97. The number of benzene rings is 5.